The number of hydrogen-bond donors (Lipinski definition) is 1. The molecule has 1 aromatic heterocycles. The molecular weight excluding hydrogens is 268 g/mol. The van der Waals surface area contributed by atoms with Gasteiger partial charge in [0.2, 0.25) is 5.88 Å². The molecule has 0 aromatic carbocycles. The maximum Gasteiger partial charge on any atom is 0.207 e. The van der Waals surface area contributed by atoms with Gasteiger partial charge in [-0.2, -0.15) is 0 Å². The van der Waals surface area contributed by atoms with Crippen LogP contribution in [0.15, 0.2) is 35.1 Å². The summed E-state index contributed by atoms with van der Waals surface area (Å²) < 4.78 is 0. The van der Waals surface area contributed by atoms with Gasteiger partial charge in [-0.05, 0) is 56.0 Å². The molecule has 0 saturated heterocycles. The van der Waals surface area contributed by atoms with Crippen molar-refractivity contribution in [1.82, 2.24) is 5.06 Å². The minimum Gasteiger partial charge on any atom is -0.388 e. The molecule has 1 aliphatic carbocycles. The standard InChI is InChI=1S/C16H22N2OS/c1-12-8-10-20-16(12)14-11-15(17)19-18(14)9-7-13-5-3-2-4-6-13/h5,8,10-11,14H,2-4,6-7,9,17H2,1H3. The van der Waals surface area contributed by atoms with Gasteiger partial charge in [-0.15, -0.1) is 16.4 Å². The first-order valence-electron chi connectivity index (χ1n) is 7.38. The topological polar surface area (TPSA) is 38.5 Å². The zero-order chi connectivity index (χ0) is 13.9. The summed E-state index contributed by atoms with van der Waals surface area (Å²) in [7, 11) is 0. The normalized spacial score (nSPS) is 23.4. The Morgan fingerprint density at radius 2 is 2.35 bits per heavy atom. The Morgan fingerprint density at radius 3 is 3.05 bits per heavy atom. The van der Waals surface area contributed by atoms with Crippen molar-refractivity contribution in [3.05, 3.63) is 45.5 Å². The molecule has 108 valence electrons. The lowest BCUT2D eigenvalue weighted by Gasteiger charge is -2.23. The molecule has 2 N–H and O–H groups in total. The van der Waals surface area contributed by atoms with E-state index in [4.69, 9.17) is 10.6 Å². The monoisotopic (exact) mass is 290 g/mol. The third-order valence-corrected chi connectivity index (χ3v) is 5.15. The van der Waals surface area contributed by atoms with E-state index >= 15 is 0 Å². The summed E-state index contributed by atoms with van der Waals surface area (Å²) in [5.41, 5.74) is 8.76. The molecular formula is C16H22N2OS. The minimum atomic E-state index is 0.180. The molecule has 1 unspecified atom stereocenters. The van der Waals surface area contributed by atoms with E-state index in [9.17, 15) is 0 Å². The first-order valence-corrected chi connectivity index (χ1v) is 8.26. The van der Waals surface area contributed by atoms with Crippen LogP contribution in [-0.2, 0) is 4.84 Å². The molecule has 0 bridgehead atoms. The van der Waals surface area contributed by atoms with Gasteiger partial charge in [-0.25, -0.2) is 0 Å². The Balaban J connectivity index is 1.66. The number of rotatable bonds is 4. The molecule has 1 aromatic rings. The van der Waals surface area contributed by atoms with Gasteiger partial charge in [0.05, 0.1) is 0 Å². The van der Waals surface area contributed by atoms with Gasteiger partial charge < -0.3 is 10.6 Å². The highest BCUT2D eigenvalue weighted by atomic mass is 32.1. The van der Waals surface area contributed by atoms with E-state index in [0.29, 0.717) is 5.88 Å². The fraction of sp³-hybridized carbons (Fsp3) is 0.500. The number of nitrogens with zero attached hydrogens (tertiary/aromatic N) is 1. The number of aryl methyl sites for hydroxylation is 1. The average molecular weight is 290 g/mol. The summed E-state index contributed by atoms with van der Waals surface area (Å²) in [4.78, 5) is 7.03. The Morgan fingerprint density at radius 1 is 1.45 bits per heavy atom. The van der Waals surface area contributed by atoms with Crippen LogP contribution in [0.1, 0.15) is 48.6 Å². The molecule has 0 fully saturated rings. The van der Waals surface area contributed by atoms with Crippen molar-refractivity contribution >= 4 is 11.3 Å². The fourth-order valence-corrected chi connectivity index (χ4v) is 3.92. The van der Waals surface area contributed by atoms with Crippen molar-refractivity contribution < 1.29 is 4.84 Å². The second-order valence-corrected chi connectivity index (χ2v) is 6.52. The van der Waals surface area contributed by atoms with Gasteiger partial charge in [-0.1, -0.05) is 11.6 Å². The molecule has 0 amide bonds. The van der Waals surface area contributed by atoms with Crippen LogP contribution in [0.4, 0.5) is 0 Å². The molecule has 1 aliphatic heterocycles. The number of nitrogens with two attached hydrogens (primary N) is 1. The predicted molar refractivity (Wildman–Crippen MR) is 83.0 cm³/mol. The van der Waals surface area contributed by atoms with Crippen LogP contribution < -0.4 is 5.73 Å². The molecule has 4 heteroatoms. The molecule has 0 radical (unpaired) electrons. The highest BCUT2D eigenvalue weighted by Crippen LogP contribution is 2.35. The fourth-order valence-electron chi connectivity index (χ4n) is 2.93. The third-order valence-electron chi connectivity index (χ3n) is 4.06. The molecule has 2 aliphatic rings. The highest BCUT2D eigenvalue weighted by molar-refractivity contribution is 7.10. The summed E-state index contributed by atoms with van der Waals surface area (Å²) in [5, 5.41) is 4.17. The lowest BCUT2D eigenvalue weighted by Crippen LogP contribution is -2.25. The van der Waals surface area contributed by atoms with Gasteiger partial charge in [0.25, 0.3) is 0 Å². The van der Waals surface area contributed by atoms with Crippen LogP contribution in [-0.4, -0.2) is 11.6 Å². The van der Waals surface area contributed by atoms with Crippen LogP contribution in [0.3, 0.4) is 0 Å². The van der Waals surface area contributed by atoms with Crippen molar-refractivity contribution in [3.8, 4) is 0 Å². The predicted octanol–water partition coefficient (Wildman–Crippen LogP) is 4.04. The van der Waals surface area contributed by atoms with Crippen molar-refractivity contribution in [2.75, 3.05) is 6.54 Å². The molecule has 2 heterocycles. The maximum atomic E-state index is 5.87. The number of hydrogen-bond acceptors (Lipinski definition) is 4. The average Bonchev–Trinajstić information content (AvgIpc) is 3.03. The van der Waals surface area contributed by atoms with E-state index in [0.717, 1.165) is 13.0 Å². The zero-order valence-corrected chi connectivity index (χ0v) is 12.8. The maximum absolute atomic E-state index is 5.87. The lowest BCUT2D eigenvalue weighted by atomic mass is 9.97. The Kier molecular flexibility index (Phi) is 4.13. The summed E-state index contributed by atoms with van der Waals surface area (Å²) in [5.74, 6) is 0.528. The SMILES string of the molecule is Cc1ccsc1C1C=C(N)ON1CCC1=CCCCC1. The number of thiophene rings is 1. The second kappa shape index (κ2) is 6.02. The highest BCUT2D eigenvalue weighted by Gasteiger charge is 2.29. The van der Waals surface area contributed by atoms with E-state index in [1.165, 1.54) is 36.1 Å². The molecule has 20 heavy (non-hydrogen) atoms. The minimum absolute atomic E-state index is 0.180. The summed E-state index contributed by atoms with van der Waals surface area (Å²) in [6.45, 7) is 3.06. The van der Waals surface area contributed by atoms with Crippen LogP contribution in [0, 0.1) is 6.92 Å². The summed E-state index contributed by atoms with van der Waals surface area (Å²) in [6, 6.07) is 2.34. The largest absolute Gasteiger partial charge is 0.388 e. The molecule has 0 saturated carbocycles. The number of hydroxylamine groups is 2. The Bertz CT molecular complexity index is 532. The molecule has 1 atom stereocenters. The molecule has 3 nitrogen and oxygen atoms in total. The molecule has 3 rings (SSSR count). The third kappa shape index (κ3) is 2.91. The van der Waals surface area contributed by atoms with Crippen molar-refractivity contribution in [2.45, 2.75) is 45.1 Å². The smallest absolute Gasteiger partial charge is 0.207 e. The summed E-state index contributed by atoms with van der Waals surface area (Å²) in [6.07, 6.45) is 10.7. The van der Waals surface area contributed by atoms with Crippen LogP contribution in [0.2, 0.25) is 0 Å². The van der Waals surface area contributed by atoms with Gasteiger partial charge >= 0.3 is 0 Å². The van der Waals surface area contributed by atoms with Crippen molar-refractivity contribution in [3.63, 3.8) is 0 Å². The quantitative estimate of drug-likeness (QED) is 0.851. The first-order chi connectivity index (χ1) is 9.74. The van der Waals surface area contributed by atoms with E-state index in [1.807, 2.05) is 11.1 Å². The first kappa shape index (κ1) is 13.7. The van der Waals surface area contributed by atoms with Gasteiger partial charge in [0, 0.05) is 17.5 Å². The van der Waals surface area contributed by atoms with Crippen LogP contribution in [0.25, 0.3) is 0 Å². The van der Waals surface area contributed by atoms with Crippen LogP contribution in [0.5, 0.6) is 0 Å². The molecule has 0 spiro atoms. The van der Waals surface area contributed by atoms with Crippen molar-refractivity contribution in [2.24, 2.45) is 5.73 Å². The van der Waals surface area contributed by atoms with E-state index in [1.54, 1.807) is 16.9 Å². The zero-order valence-electron chi connectivity index (χ0n) is 12.0. The van der Waals surface area contributed by atoms with Gasteiger partial charge in [-0.3, -0.25) is 0 Å². The van der Waals surface area contributed by atoms with Gasteiger partial charge in [0.15, 0.2) is 0 Å². The van der Waals surface area contributed by atoms with E-state index < -0.39 is 0 Å². The summed E-state index contributed by atoms with van der Waals surface area (Å²) >= 11 is 1.78. The van der Waals surface area contributed by atoms with E-state index in [-0.39, 0.29) is 6.04 Å². The Hall–Kier alpha value is -1.26. The van der Waals surface area contributed by atoms with Gasteiger partial charge in [0.1, 0.15) is 6.04 Å². The van der Waals surface area contributed by atoms with E-state index in [2.05, 4.69) is 24.4 Å². The second-order valence-electron chi connectivity index (χ2n) is 5.57. The van der Waals surface area contributed by atoms with Crippen molar-refractivity contribution in [1.29, 1.82) is 0 Å². The Labute approximate surface area is 124 Å². The lowest BCUT2D eigenvalue weighted by molar-refractivity contribution is -0.118. The number of allylic oxidation sites excluding steroid dienone is 1. The van der Waals surface area contributed by atoms with Crippen LogP contribution >= 0.6 is 11.3 Å².